The number of piperidine rings is 1. The van der Waals surface area contributed by atoms with Gasteiger partial charge in [-0.3, -0.25) is 0 Å². The molecule has 0 radical (unpaired) electrons. The number of rotatable bonds is 5. The van der Waals surface area contributed by atoms with Crippen molar-refractivity contribution in [2.75, 3.05) is 31.1 Å². The largest absolute Gasteiger partial charge is 0.473 e. The zero-order valence-corrected chi connectivity index (χ0v) is 20.6. The van der Waals surface area contributed by atoms with Gasteiger partial charge in [-0.1, -0.05) is 66.7 Å². The number of hydrogen-bond donors (Lipinski definition) is 2. The van der Waals surface area contributed by atoms with Crippen LogP contribution in [0.15, 0.2) is 78.9 Å². The predicted octanol–water partition coefficient (Wildman–Crippen LogP) is 5.35. The second-order valence-electron chi connectivity index (χ2n) is 9.40. The fourth-order valence-electron chi connectivity index (χ4n) is 5.28. The van der Waals surface area contributed by atoms with E-state index in [2.05, 4.69) is 88.7 Å². The molecule has 2 heterocycles. The molecule has 0 atom stereocenters. The van der Waals surface area contributed by atoms with E-state index in [1.54, 1.807) is 0 Å². The Morgan fingerprint density at radius 3 is 1.72 bits per heavy atom. The molecule has 2 aliphatic rings. The Morgan fingerprint density at radius 2 is 1.19 bits per heavy atom. The number of carbonyl (C=O) groups is 2. The number of aryl methyl sites for hydroxylation is 2. The summed E-state index contributed by atoms with van der Waals surface area (Å²) in [6.45, 7) is 4.74. The smallest absolute Gasteiger partial charge is 0.414 e. The number of aliphatic carboxylic acids is 2. The summed E-state index contributed by atoms with van der Waals surface area (Å²) in [5.41, 5.74) is 7.31. The Bertz CT molecular complexity index is 1100. The van der Waals surface area contributed by atoms with Gasteiger partial charge in [0.2, 0.25) is 0 Å². The lowest BCUT2D eigenvalue weighted by Crippen LogP contribution is -2.35. The van der Waals surface area contributed by atoms with Gasteiger partial charge < -0.3 is 20.0 Å². The Balaban J connectivity index is 0.000000455. The molecule has 2 aliphatic heterocycles. The van der Waals surface area contributed by atoms with E-state index >= 15 is 0 Å². The van der Waals surface area contributed by atoms with E-state index in [-0.39, 0.29) is 0 Å². The average molecular weight is 487 g/mol. The standard InChI is InChI=1S/C28H32N2.C2H2O4/c1-2-9-23(10-3-1)24-17-21-29(22-18-24)19-8-20-30-27-13-6-4-11-25(27)15-16-26-12-5-7-14-28(26)30;3-1(4)2(5)6/h1-7,9-14,24H,8,15-22H2;(H,3,4)(H,5,6). The normalized spacial score (nSPS) is 15.6. The SMILES string of the molecule is O=C(O)C(=O)O.c1ccc(C2CCN(CCCN3c4ccccc4CCc4ccccc43)CC2)cc1. The van der Waals surface area contributed by atoms with Crippen LogP contribution in [0.2, 0.25) is 0 Å². The summed E-state index contributed by atoms with van der Waals surface area (Å²) in [6.07, 6.45) is 6.06. The Labute approximate surface area is 212 Å². The number of benzene rings is 3. The molecule has 1 saturated heterocycles. The van der Waals surface area contributed by atoms with Crippen molar-refractivity contribution in [3.63, 3.8) is 0 Å². The van der Waals surface area contributed by atoms with E-state index in [1.807, 2.05) is 0 Å². The maximum absolute atomic E-state index is 9.10. The highest BCUT2D eigenvalue weighted by atomic mass is 16.4. The molecule has 0 amide bonds. The number of fused-ring (bicyclic) bond motifs is 2. The lowest BCUT2D eigenvalue weighted by atomic mass is 9.89. The van der Waals surface area contributed by atoms with E-state index in [9.17, 15) is 0 Å². The Morgan fingerprint density at radius 1 is 0.694 bits per heavy atom. The van der Waals surface area contributed by atoms with E-state index in [4.69, 9.17) is 19.8 Å². The zero-order chi connectivity index (χ0) is 25.3. The van der Waals surface area contributed by atoms with E-state index < -0.39 is 11.9 Å². The molecular formula is C30H34N2O4. The van der Waals surface area contributed by atoms with Crippen molar-refractivity contribution >= 4 is 23.3 Å². The van der Waals surface area contributed by atoms with Crippen molar-refractivity contribution in [3.05, 3.63) is 95.6 Å². The van der Waals surface area contributed by atoms with Gasteiger partial charge in [0, 0.05) is 17.9 Å². The van der Waals surface area contributed by atoms with Crippen LogP contribution in [0.4, 0.5) is 11.4 Å². The first-order chi connectivity index (χ1) is 17.5. The lowest BCUT2D eigenvalue weighted by Gasteiger charge is -2.33. The molecule has 0 saturated carbocycles. The fourth-order valence-corrected chi connectivity index (χ4v) is 5.28. The topological polar surface area (TPSA) is 81.1 Å². The van der Waals surface area contributed by atoms with Crippen LogP contribution in [0.25, 0.3) is 0 Å². The van der Waals surface area contributed by atoms with Gasteiger partial charge in [-0.05, 0) is 86.5 Å². The fraction of sp³-hybridized carbons (Fsp3) is 0.333. The summed E-state index contributed by atoms with van der Waals surface area (Å²) in [6, 6.07) is 29.1. The third-order valence-corrected chi connectivity index (χ3v) is 7.13. The van der Waals surface area contributed by atoms with Crippen molar-refractivity contribution in [3.8, 4) is 0 Å². The number of carboxylic acids is 2. The van der Waals surface area contributed by atoms with Gasteiger partial charge in [-0.2, -0.15) is 0 Å². The van der Waals surface area contributed by atoms with Crippen LogP contribution < -0.4 is 4.90 Å². The lowest BCUT2D eigenvalue weighted by molar-refractivity contribution is -0.159. The van der Waals surface area contributed by atoms with Gasteiger partial charge in [-0.15, -0.1) is 0 Å². The molecule has 3 aromatic carbocycles. The summed E-state index contributed by atoms with van der Waals surface area (Å²) in [7, 11) is 0. The first-order valence-corrected chi connectivity index (χ1v) is 12.7. The van der Waals surface area contributed by atoms with E-state index in [0.29, 0.717) is 0 Å². The summed E-state index contributed by atoms with van der Waals surface area (Å²) >= 11 is 0. The molecule has 6 heteroatoms. The molecule has 0 aliphatic carbocycles. The summed E-state index contributed by atoms with van der Waals surface area (Å²) in [5, 5.41) is 14.8. The summed E-state index contributed by atoms with van der Waals surface area (Å²) in [5.74, 6) is -2.91. The highest BCUT2D eigenvalue weighted by Crippen LogP contribution is 2.36. The van der Waals surface area contributed by atoms with Crippen LogP contribution in [-0.4, -0.2) is 53.2 Å². The van der Waals surface area contributed by atoms with Gasteiger partial charge in [-0.25, -0.2) is 9.59 Å². The average Bonchev–Trinajstić information content (AvgIpc) is 3.07. The number of likely N-dealkylation sites (tertiary alicyclic amines) is 1. The molecular weight excluding hydrogens is 452 g/mol. The molecule has 0 bridgehead atoms. The number of para-hydroxylation sites is 2. The van der Waals surface area contributed by atoms with Crippen LogP contribution in [0.5, 0.6) is 0 Å². The Kier molecular flexibility index (Phi) is 8.74. The van der Waals surface area contributed by atoms with Crippen molar-refractivity contribution < 1.29 is 19.8 Å². The summed E-state index contributed by atoms with van der Waals surface area (Å²) < 4.78 is 0. The van der Waals surface area contributed by atoms with Crippen LogP contribution in [0.3, 0.4) is 0 Å². The maximum atomic E-state index is 9.10. The third kappa shape index (κ3) is 6.52. The minimum Gasteiger partial charge on any atom is -0.473 e. The minimum atomic E-state index is -1.82. The van der Waals surface area contributed by atoms with Gasteiger partial charge in [0.15, 0.2) is 0 Å². The minimum absolute atomic E-state index is 0.742. The molecule has 36 heavy (non-hydrogen) atoms. The highest BCUT2D eigenvalue weighted by Gasteiger charge is 2.22. The first-order valence-electron chi connectivity index (χ1n) is 12.7. The maximum Gasteiger partial charge on any atom is 0.414 e. The van der Waals surface area contributed by atoms with Gasteiger partial charge in [0.05, 0.1) is 0 Å². The molecule has 3 aromatic rings. The molecule has 5 rings (SSSR count). The van der Waals surface area contributed by atoms with Crippen LogP contribution in [-0.2, 0) is 22.4 Å². The quantitative estimate of drug-likeness (QED) is 0.473. The molecule has 0 spiro atoms. The number of nitrogens with zero attached hydrogens (tertiary/aromatic N) is 2. The zero-order valence-electron chi connectivity index (χ0n) is 20.6. The molecule has 6 nitrogen and oxygen atoms in total. The van der Waals surface area contributed by atoms with Crippen molar-refractivity contribution in [2.24, 2.45) is 0 Å². The monoisotopic (exact) mass is 486 g/mol. The number of carboxylic acid groups (broad SMARTS) is 2. The van der Waals surface area contributed by atoms with Crippen LogP contribution in [0.1, 0.15) is 41.9 Å². The molecule has 0 aromatic heterocycles. The number of hydrogen-bond acceptors (Lipinski definition) is 4. The van der Waals surface area contributed by atoms with Crippen LogP contribution in [0, 0.1) is 0 Å². The second-order valence-corrected chi connectivity index (χ2v) is 9.40. The summed E-state index contributed by atoms with van der Waals surface area (Å²) in [4.78, 5) is 23.5. The highest BCUT2D eigenvalue weighted by molar-refractivity contribution is 6.27. The van der Waals surface area contributed by atoms with Crippen LogP contribution >= 0.6 is 0 Å². The van der Waals surface area contributed by atoms with Crippen molar-refractivity contribution in [1.82, 2.24) is 4.90 Å². The second kappa shape index (κ2) is 12.4. The Hall–Kier alpha value is -3.64. The number of anilines is 2. The molecule has 188 valence electrons. The van der Waals surface area contributed by atoms with Gasteiger partial charge >= 0.3 is 11.9 Å². The molecule has 2 N–H and O–H groups in total. The third-order valence-electron chi connectivity index (χ3n) is 7.13. The molecule has 0 unspecified atom stereocenters. The molecule has 1 fully saturated rings. The van der Waals surface area contributed by atoms with Gasteiger partial charge in [0.1, 0.15) is 0 Å². The van der Waals surface area contributed by atoms with Crippen molar-refractivity contribution in [1.29, 1.82) is 0 Å². The van der Waals surface area contributed by atoms with Crippen molar-refractivity contribution in [2.45, 2.75) is 38.0 Å². The first kappa shape index (κ1) is 25.5. The van der Waals surface area contributed by atoms with E-state index in [0.717, 1.165) is 25.3 Å². The predicted molar refractivity (Wildman–Crippen MR) is 142 cm³/mol. The van der Waals surface area contributed by atoms with Gasteiger partial charge in [0.25, 0.3) is 0 Å². The van der Waals surface area contributed by atoms with E-state index in [1.165, 1.54) is 67.0 Å².